The third kappa shape index (κ3) is 1.61. The fraction of sp³-hybridized carbons (Fsp3) is 0.400. The van der Waals surface area contributed by atoms with E-state index in [-0.39, 0.29) is 28.9 Å². The fourth-order valence-electron chi connectivity index (χ4n) is 2.04. The molecule has 1 atom stereocenters. The Balaban J connectivity index is 2.59. The Kier molecular flexibility index (Phi) is 2.44. The first kappa shape index (κ1) is 10.4. The van der Waals surface area contributed by atoms with Crippen LogP contribution in [0.3, 0.4) is 0 Å². The molecular formula is C10H12O4S. The van der Waals surface area contributed by atoms with Crippen LogP contribution in [0.5, 0.6) is 5.75 Å². The second kappa shape index (κ2) is 3.50. The topological polar surface area (TPSA) is 74.6 Å². The van der Waals surface area contributed by atoms with E-state index in [1.807, 2.05) is 0 Å². The molecule has 2 rings (SSSR count). The Morgan fingerprint density at radius 1 is 1.40 bits per heavy atom. The van der Waals surface area contributed by atoms with Gasteiger partial charge in [0.25, 0.3) is 0 Å². The summed E-state index contributed by atoms with van der Waals surface area (Å²) >= 11 is 0. The predicted octanol–water partition coefficient (Wildman–Crippen LogP) is 0.645. The summed E-state index contributed by atoms with van der Waals surface area (Å²) in [6.07, 6.45) is 0.365. The number of fused-ring (bicyclic) bond motifs is 1. The number of aliphatic hydroxyl groups is 1. The van der Waals surface area contributed by atoms with Crippen molar-refractivity contribution < 1.29 is 18.6 Å². The van der Waals surface area contributed by atoms with E-state index < -0.39 is 9.84 Å². The standard InChI is InChI=1S/C10H12O4S/c11-5-4-7-6-15(13,14)9-3-1-2-8(12)10(7)9/h1-3,7,11-12H,4-6H2. The molecule has 15 heavy (non-hydrogen) atoms. The van der Waals surface area contributed by atoms with Crippen molar-refractivity contribution in [1.82, 2.24) is 0 Å². The van der Waals surface area contributed by atoms with Gasteiger partial charge in [-0.15, -0.1) is 0 Å². The zero-order valence-corrected chi connectivity index (χ0v) is 8.87. The second-order valence-electron chi connectivity index (χ2n) is 3.68. The Hall–Kier alpha value is -1.07. The van der Waals surface area contributed by atoms with E-state index in [0.29, 0.717) is 12.0 Å². The number of hydrogen-bond donors (Lipinski definition) is 2. The van der Waals surface area contributed by atoms with Crippen molar-refractivity contribution >= 4 is 9.84 Å². The van der Waals surface area contributed by atoms with Crippen LogP contribution in [0.2, 0.25) is 0 Å². The van der Waals surface area contributed by atoms with Gasteiger partial charge in [-0.3, -0.25) is 0 Å². The van der Waals surface area contributed by atoms with E-state index >= 15 is 0 Å². The van der Waals surface area contributed by atoms with E-state index in [9.17, 15) is 13.5 Å². The summed E-state index contributed by atoms with van der Waals surface area (Å²) in [6, 6.07) is 4.50. The molecule has 1 aliphatic rings. The summed E-state index contributed by atoms with van der Waals surface area (Å²) in [5.41, 5.74) is 0.464. The lowest BCUT2D eigenvalue weighted by Gasteiger charge is -2.08. The minimum absolute atomic E-state index is 0.00650. The van der Waals surface area contributed by atoms with Crippen LogP contribution in [0.15, 0.2) is 23.1 Å². The molecule has 0 radical (unpaired) electrons. The van der Waals surface area contributed by atoms with Crippen molar-refractivity contribution in [3.05, 3.63) is 23.8 Å². The smallest absolute Gasteiger partial charge is 0.179 e. The SMILES string of the molecule is O=S1(=O)CC(CCO)c2c(O)cccc21. The molecule has 1 aromatic carbocycles. The quantitative estimate of drug-likeness (QED) is 0.779. The van der Waals surface area contributed by atoms with Crippen LogP contribution in [-0.4, -0.2) is 31.0 Å². The molecule has 1 aromatic rings. The minimum atomic E-state index is -3.27. The third-order valence-corrected chi connectivity index (χ3v) is 4.55. The predicted molar refractivity (Wildman–Crippen MR) is 54.6 cm³/mol. The van der Waals surface area contributed by atoms with Crippen molar-refractivity contribution in [3.8, 4) is 5.75 Å². The lowest BCUT2D eigenvalue weighted by atomic mass is 9.97. The van der Waals surface area contributed by atoms with Crippen LogP contribution in [0, 0.1) is 0 Å². The molecular weight excluding hydrogens is 216 g/mol. The van der Waals surface area contributed by atoms with Crippen molar-refractivity contribution in [2.75, 3.05) is 12.4 Å². The number of phenols is 1. The molecule has 0 bridgehead atoms. The first-order valence-corrected chi connectivity index (χ1v) is 6.37. The lowest BCUT2D eigenvalue weighted by Crippen LogP contribution is -2.05. The van der Waals surface area contributed by atoms with Gasteiger partial charge in [0.1, 0.15) is 5.75 Å². The van der Waals surface area contributed by atoms with E-state index in [0.717, 1.165) is 0 Å². The Labute approximate surface area is 88.1 Å². The molecule has 0 saturated carbocycles. The van der Waals surface area contributed by atoms with Crippen molar-refractivity contribution in [1.29, 1.82) is 0 Å². The summed E-state index contributed by atoms with van der Waals surface area (Å²) in [5.74, 6) is -0.288. The molecule has 0 fully saturated rings. The molecule has 1 heterocycles. The largest absolute Gasteiger partial charge is 0.508 e. The van der Waals surface area contributed by atoms with Crippen LogP contribution in [0.4, 0.5) is 0 Å². The maximum atomic E-state index is 11.7. The summed E-state index contributed by atoms with van der Waals surface area (Å²) in [6.45, 7) is -0.0754. The molecule has 4 nitrogen and oxygen atoms in total. The van der Waals surface area contributed by atoms with Crippen LogP contribution < -0.4 is 0 Å². The fourth-order valence-corrected chi connectivity index (χ4v) is 3.97. The minimum Gasteiger partial charge on any atom is -0.508 e. The normalized spacial score (nSPS) is 22.6. The van der Waals surface area contributed by atoms with Gasteiger partial charge in [-0.25, -0.2) is 8.42 Å². The number of aliphatic hydroxyl groups excluding tert-OH is 1. The number of rotatable bonds is 2. The first-order valence-electron chi connectivity index (χ1n) is 4.72. The van der Waals surface area contributed by atoms with Gasteiger partial charge in [-0.1, -0.05) is 6.07 Å². The Morgan fingerprint density at radius 3 is 2.80 bits per heavy atom. The van der Waals surface area contributed by atoms with Gasteiger partial charge in [0.2, 0.25) is 0 Å². The number of aromatic hydroxyl groups is 1. The maximum Gasteiger partial charge on any atom is 0.179 e. The monoisotopic (exact) mass is 228 g/mol. The summed E-state index contributed by atoms with van der Waals surface area (Å²) in [4.78, 5) is 0.209. The lowest BCUT2D eigenvalue weighted by molar-refractivity contribution is 0.278. The summed E-state index contributed by atoms with van der Waals surface area (Å²) in [7, 11) is -3.27. The summed E-state index contributed by atoms with van der Waals surface area (Å²) in [5, 5.41) is 18.5. The molecule has 0 amide bonds. The van der Waals surface area contributed by atoms with E-state index in [2.05, 4.69) is 0 Å². The molecule has 2 N–H and O–H groups in total. The van der Waals surface area contributed by atoms with Crippen molar-refractivity contribution in [2.24, 2.45) is 0 Å². The zero-order chi connectivity index (χ0) is 11.1. The number of benzene rings is 1. The Morgan fingerprint density at radius 2 is 2.13 bits per heavy atom. The average Bonchev–Trinajstić information content (AvgIpc) is 2.41. The third-order valence-electron chi connectivity index (χ3n) is 2.68. The van der Waals surface area contributed by atoms with E-state index in [1.165, 1.54) is 18.2 Å². The number of sulfone groups is 1. The number of phenolic OH excluding ortho intramolecular Hbond substituents is 1. The van der Waals surface area contributed by atoms with E-state index in [1.54, 1.807) is 0 Å². The second-order valence-corrected chi connectivity index (χ2v) is 5.68. The van der Waals surface area contributed by atoms with Crippen LogP contribution >= 0.6 is 0 Å². The van der Waals surface area contributed by atoms with Crippen molar-refractivity contribution in [2.45, 2.75) is 17.2 Å². The van der Waals surface area contributed by atoms with Crippen LogP contribution in [0.1, 0.15) is 17.9 Å². The highest BCUT2D eigenvalue weighted by Crippen LogP contribution is 2.41. The van der Waals surface area contributed by atoms with Gasteiger partial charge in [0.05, 0.1) is 10.6 Å². The molecule has 82 valence electrons. The highest BCUT2D eigenvalue weighted by molar-refractivity contribution is 7.91. The molecule has 5 heteroatoms. The Bertz CT molecular complexity index is 478. The van der Waals surface area contributed by atoms with E-state index in [4.69, 9.17) is 5.11 Å². The number of hydrogen-bond acceptors (Lipinski definition) is 4. The van der Waals surface area contributed by atoms with Gasteiger partial charge >= 0.3 is 0 Å². The zero-order valence-electron chi connectivity index (χ0n) is 8.05. The molecule has 0 saturated heterocycles. The summed E-state index contributed by atoms with van der Waals surface area (Å²) < 4.78 is 23.4. The first-order chi connectivity index (χ1) is 7.06. The van der Waals surface area contributed by atoms with Gasteiger partial charge < -0.3 is 10.2 Å². The highest BCUT2D eigenvalue weighted by Gasteiger charge is 2.36. The molecule has 0 spiro atoms. The average molecular weight is 228 g/mol. The van der Waals surface area contributed by atoms with Gasteiger partial charge in [-0.05, 0) is 18.6 Å². The van der Waals surface area contributed by atoms with Gasteiger partial charge in [-0.2, -0.15) is 0 Å². The van der Waals surface area contributed by atoms with Crippen molar-refractivity contribution in [3.63, 3.8) is 0 Å². The molecule has 0 aliphatic carbocycles. The maximum absolute atomic E-state index is 11.7. The molecule has 1 aliphatic heterocycles. The highest BCUT2D eigenvalue weighted by atomic mass is 32.2. The van der Waals surface area contributed by atoms with Gasteiger partial charge in [0, 0.05) is 18.1 Å². The van der Waals surface area contributed by atoms with Gasteiger partial charge in [0.15, 0.2) is 9.84 Å². The van der Waals surface area contributed by atoms with Crippen LogP contribution in [0.25, 0.3) is 0 Å². The van der Waals surface area contributed by atoms with Crippen LogP contribution in [-0.2, 0) is 9.84 Å². The molecule has 0 aromatic heterocycles. The molecule has 1 unspecified atom stereocenters.